The lowest BCUT2D eigenvalue weighted by Gasteiger charge is -1.99. The molecule has 3 N–H and O–H groups in total. The highest BCUT2D eigenvalue weighted by Gasteiger charge is 2.14. The van der Waals surface area contributed by atoms with Crippen LogP contribution in [0.2, 0.25) is 0 Å². The Hall–Kier alpha value is -2.31. The first-order valence-electron chi connectivity index (χ1n) is 4.60. The van der Waals surface area contributed by atoms with E-state index in [4.69, 9.17) is 10.3 Å². The van der Waals surface area contributed by atoms with Crippen LogP contribution in [0.15, 0.2) is 16.8 Å². The number of aryl methyl sites for hydroxylation is 2. The van der Waals surface area contributed by atoms with Crippen molar-refractivity contribution in [3.63, 3.8) is 0 Å². The molecule has 1 amide bonds. The van der Waals surface area contributed by atoms with Crippen LogP contribution in [0.4, 0.5) is 11.6 Å². The van der Waals surface area contributed by atoms with Gasteiger partial charge in [-0.15, -0.1) is 0 Å². The number of nitrogens with two attached hydrogens (primary N) is 1. The molecular formula is C9H11N5O2. The van der Waals surface area contributed by atoms with Gasteiger partial charge in [-0.1, -0.05) is 5.16 Å². The number of nitrogens with zero attached hydrogens (tertiary/aromatic N) is 3. The zero-order chi connectivity index (χ0) is 11.7. The summed E-state index contributed by atoms with van der Waals surface area (Å²) in [6.45, 7) is 1.74. The molecule has 0 unspecified atom stereocenters. The molecule has 0 saturated carbocycles. The third-order valence-electron chi connectivity index (χ3n) is 2.10. The second kappa shape index (κ2) is 3.69. The predicted octanol–water partition coefficient (Wildman–Crippen LogP) is 0.551. The lowest BCUT2D eigenvalue weighted by Crippen LogP contribution is -2.13. The first-order chi connectivity index (χ1) is 7.58. The largest absolute Gasteiger partial charge is 0.383 e. The normalized spacial score (nSPS) is 10.4. The fourth-order valence-electron chi connectivity index (χ4n) is 1.23. The Morgan fingerprint density at radius 3 is 2.88 bits per heavy atom. The van der Waals surface area contributed by atoms with Crippen molar-refractivity contribution in [2.45, 2.75) is 6.92 Å². The molecule has 2 heterocycles. The van der Waals surface area contributed by atoms with Crippen LogP contribution < -0.4 is 11.1 Å². The van der Waals surface area contributed by atoms with Gasteiger partial charge in [0.05, 0.1) is 6.20 Å². The smallest absolute Gasteiger partial charge is 0.262 e. The topological polar surface area (TPSA) is 99.0 Å². The average molecular weight is 221 g/mol. The van der Waals surface area contributed by atoms with Gasteiger partial charge < -0.3 is 15.6 Å². The molecule has 0 aliphatic carbocycles. The maximum absolute atomic E-state index is 11.7. The van der Waals surface area contributed by atoms with Crippen LogP contribution >= 0.6 is 0 Å². The Bertz CT molecular complexity index is 528. The summed E-state index contributed by atoms with van der Waals surface area (Å²) >= 11 is 0. The number of anilines is 2. The van der Waals surface area contributed by atoms with Crippen LogP contribution in [0.5, 0.6) is 0 Å². The Morgan fingerprint density at radius 1 is 1.62 bits per heavy atom. The Kier molecular flexibility index (Phi) is 2.35. The first-order valence-corrected chi connectivity index (χ1v) is 4.60. The molecule has 0 saturated heterocycles. The second-order valence-corrected chi connectivity index (χ2v) is 3.34. The van der Waals surface area contributed by atoms with Crippen molar-refractivity contribution in [2.24, 2.45) is 7.05 Å². The molecule has 2 rings (SSSR count). The van der Waals surface area contributed by atoms with Crippen LogP contribution in [0, 0.1) is 6.92 Å². The first kappa shape index (κ1) is 10.2. The van der Waals surface area contributed by atoms with Crippen molar-refractivity contribution in [1.29, 1.82) is 0 Å². The van der Waals surface area contributed by atoms with E-state index in [1.165, 1.54) is 10.9 Å². The van der Waals surface area contributed by atoms with E-state index in [1.54, 1.807) is 20.0 Å². The molecule has 0 radical (unpaired) electrons. The maximum Gasteiger partial charge on any atom is 0.262 e. The number of nitrogen functional groups attached to an aromatic ring is 1. The molecule has 0 spiro atoms. The van der Waals surface area contributed by atoms with Crippen LogP contribution in [0.1, 0.15) is 16.1 Å². The Morgan fingerprint density at radius 2 is 2.38 bits per heavy atom. The number of carbonyl (C=O) groups excluding carboxylic acids is 1. The number of carbonyl (C=O) groups is 1. The minimum Gasteiger partial charge on any atom is -0.383 e. The van der Waals surface area contributed by atoms with E-state index in [0.29, 0.717) is 23.0 Å². The number of nitrogens with one attached hydrogen (secondary N) is 1. The van der Waals surface area contributed by atoms with Crippen LogP contribution in [0.25, 0.3) is 0 Å². The van der Waals surface area contributed by atoms with Crippen LogP contribution in [-0.4, -0.2) is 20.8 Å². The lowest BCUT2D eigenvalue weighted by molar-refractivity contribution is 0.102. The van der Waals surface area contributed by atoms with Gasteiger partial charge >= 0.3 is 0 Å². The average Bonchev–Trinajstić information content (AvgIpc) is 2.76. The van der Waals surface area contributed by atoms with Crippen molar-refractivity contribution in [1.82, 2.24) is 14.9 Å². The fourth-order valence-corrected chi connectivity index (χ4v) is 1.23. The van der Waals surface area contributed by atoms with E-state index in [9.17, 15) is 4.79 Å². The van der Waals surface area contributed by atoms with Gasteiger partial charge in [0.15, 0.2) is 5.82 Å². The molecule has 0 aliphatic heterocycles. The summed E-state index contributed by atoms with van der Waals surface area (Å²) < 4.78 is 6.24. The molecule has 0 atom stereocenters. The van der Waals surface area contributed by atoms with Gasteiger partial charge in [0, 0.05) is 13.1 Å². The SMILES string of the molecule is Cc1cc(NC(=O)c2cnn(C)c2N)no1. The summed E-state index contributed by atoms with van der Waals surface area (Å²) in [6.07, 6.45) is 1.40. The monoisotopic (exact) mass is 221 g/mol. The van der Waals surface area contributed by atoms with Crippen molar-refractivity contribution in [3.8, 4) is 0 Å². The Balaban J connectivity index is 2.18. The number of hydrogen-bond donors (Lipinski definition) is 2. The van der Waals surface area contributed by atoms with E-state index in [-0.39, 0.29) is 5.91 Å². The van der Waals surface area contributed by atoms with Gasteiger partial charge in [-0.2, -0.15) is 5.10 Å². The molecule has 84 valence electrons. The summed E-state index contributed by atoms with van der Waals surface area (Å²) in [5.41, 5.74) is 5.97. The second-order valence-electron chi connectivity index (χ2n) is 3.34. The summed E-state index contributed by atoms with van der Waals surface area (Å²) in [5.74, 6) is 0.914. The highest BCUT2D eigenvalue weighted by Crippen LogP contribution is 2.13. The zero-order valence-electron chi connectivity index (χ0n) is 8.89. The molecule has 7 nitrogen and oxygen atoms in total. The minimum atomic E-state index is -0.362. The third kappa shape index (κ3) is 1.74. The molecule has 2 aromatic rings. The maximum atomic E-state index is 11.7. The van der Waals surface area contributed by atoms with Crippen molar-refractivity contribution >= 4 is 17.5 Å². The van der Waals surface area contributed by atoms with Crippen LogP contribution in [-0.2, 0) is 7.05 Å². The quantitative estimate of drug-likeness (QED) is 0.771. The third-order valence-corrected chi connectivity index (χ3v) is 2.10. The zero-order valence-corrected chi connectivity index (χ0v) is 8.89. The standard InChI is InChI=1S/C9H11N5O2/c1-5-3-7(13-16-5)12-9(15)6-4-11-14(2)8(6)10/h3-4H,10H2,1-2H3,(H,12,13,15). The van der Waals surface area contributed by atoms with E-state index in [2.05, 4.69) is 15.6 Å². The van der Waals surface area contributed by atoms with E-state index in [0.717, 1.165) is 0 Å². The summed E-state index contributed by atoms with van der Waals surface area (Å²) in [6, 6.07) is 1.62. The number of amides is 1. The van der Waals surface area contributed by atoms with Gasteiger partial charge in [-0.25, -0.2) is 0 Å². The van der Waals surface area contributed by atoms with E-state index < -0.39 is 0 Å². The number of rotatable bonds is 2. The summed E-state index contributed by atoms with van der Waals surface area (Å²) in [5, 5.41) is 10.1. The fraction of sp³-hybridized carbons (Fsp3) is 0.222. The van der Waals surface area contributed by atoms with E-state index in [1.807, 2.05) is 0 Å². The van der Waals surface area contributed by atoms with E-state index >= 15 is 0 Å². The molecule has 16 heavy (non-hydrogen) atoms. The van der Waals surface area contributed by atoms with Crippen molar-refractivity contribution < 1.29 is 9.32 Å². The van der Waals surface area contributed by atoms with Gasteiger partial charge in [0.25, 0.3) is 5.91 Å². The van der Waals surface area contributed by atoms with Crippen LogP contribution in [0.3, 0.4) is 0 Å². The number of aromatic nitrogens is 3. The molecular weight excluding hydrogens is 210 g/mol. The molecule has 0 bridgehead atoms. The predicted molar refractivity (Wildman–Crippen MR) is 56.8 cm³/mol. The summed E-state index contributed by atoms with van der Waals surface area (Å²) in [4.78, 5) is 11.7. The van der Waals surface area contributed by atoms with Gasteiger partial charge in [-0.05, 0) is 6.92 Å². The molecule has 0 aromatic carbocycles. The van der Waals surface area contributed by atoms with Gasteiger partial charge in [0.2, 0.25) is 0 Å². The highest BCUT2D eigenvalue weighted by molar-refractivity contribution is 6.06. The van der Waals surface area contributed by atoms with Crippen molar-refractivity contribution in [3.05, 3.63) is 23.6 Å². The van der Waals surface area contributed by atoms with Gasteiger partial charge in [0.1, 0.15) is 17.1 Å². The minimum absolute atomic E-state index is 0.303. The highest BCUT2D eigenvalue weighted by atomic mass is 16.5. The summed E-state index contributed by atoms with van der Waals surface area (Å²) in [7, 11) is 1.66. The molecule has 7 heteroatoms. The van der Waals surface area contributed by atoms with Crippen molar-refractivity contribution in [2.75, 3.05) is 11.1 Å². The van der Waals surface area contributed by atoms with Gasteiger partial charge in [-0.3, -0.25) is 9.48 Å². The molecule has 2 aromatic heterocycles. The Labute approximate surface area is 91.2 Å². The molecule has 0 aliphatic rings. The lowest BCUT2D eigenvalue weighted by atomic mass is 10.3. The number of hydrogen-bond acceptors (Lipinski definition) is 5. The molecule has 0 fully saturated rings.